The first kappa shape index (κ1) is 18.9. The van der Waals surface area contributed by atoms with Gasteiger partial charge in [-0.15, -0.1) is 0 Å². The maximum atomic E-state index is 11.0. The fraction of sp³-hybridized carbons (Fsp3) is 0.947. The van der Waals surface area contributed by atoms with Crippen LogP contribution in [0.3, 0.4) is 0 Å². The van der Waals surface area contributed by atoms with E-state index in [4.69, 9.17) is 5.11 Å². The molecule has 0 aromatic rings. The van der Waals surface area contributed by atoms with E-state index in [1.54, 1.807) is 4.90 Å². The quantitative estimate of drug-likeness (QED) is 0.791. The number of piperidine rings is 2. The average molecular weight is 353 g/mol. The summed E-state index contributed by atoms with van der Waals surface area (Å²) in [5, 5.41) is 9.02. The van der Waals surface area contributed by atoms with Crippen LogP contribution in [0.2, 0.25) is 0 Å². The van der Waals surface area contributed by atoms with Crippen LogP contribution in [0.25, 0.3) is 0 Å². The van der Waals surface area contributed by atoms with Crippen molar-refractivity contribution in [1.82, 2.24) is 19.6 Å². The molecule has 0 radical (unpaired) electrons. The van der Waals surface area contributed by atoms with E-state index < -0.39 is 6.09 Å². The molecule has 3 aliphatic rings. The van der Waals surface area contributed by atoms with Gasteiger partial charge in [0.25, 0.3) is 0 Å². The monoisotopic (exact) mass is 352 g/mol. The number of hydrogen-bond donors (Lipinski definition) is 1. The summed E-state index contributed by atoms with van der Waals surface area (Å²) < 4.78 is 0. The molecule has 144 valence electrons. The van der Waals surface area contributed by atoms with Crippen molar-refractivity contribution in [2.24, 2.45) is 5.92 Å². The second kappa shape index (κ2) is 9.74. The molecule has 0 atom stereocenters. The van der Waals surface area contributed by atoms with E-state index in [2.05, 4.69) is 14.7 Å². The molecule has 1 N–H and O–H groups in total. The third-order valence-electron chi connectivity index (χ3n) is 6.38. The van der Waals surface area contributed by atoms with Crippen LogP contribution < -0.4 is 0 Å². The number of rotatable bonds is 6. The fourth-order valence-electron chi connectivity index (χ4n) is 4.48. The lowest BCUT2D eigenvalue weighted by molar-refractivity contribution is 0.0998. The molecule has 3 fully saturated rings. The largest absolute Gasteiger partial charge is 0.465 e. The molecule has 0 saturated carbocycles. The fourth-order valence-corrected chi connectivity index (χ4v) is 4.48. The Hall–Kier alpha value is -0.850. The lowest BCUT2D eigenvalue weighted by Crippen LogP contribution is -2.49. The van der Waals surface area contributed by atoms with E-state index >= 15 is 0 Å². The van der Waals surface area contributed by atoms with Crippen molar-refractivity contribution in [2.75, 3.05) is 72.0 Å². The molecule has 3 rings (SSSR count). The lowest BCUT2D eigenvalue weighted by atomic mass is 9.93. The first-order valence-electron chi connectivity index (χ1n) is 10.4. The van der Waals surface area contributed by atoms with Crippen molar-refractivity contribution in [3.63, 3.8) is 0 Å². The van der Waals surface area contributed by atoms with E-state index in [0.717, 1.165) is 25.9 Å². The molecule has 3 saturated heterocycles. The maximum absolute atomic E-state index is 11.0. The van der Waals surface area contributed by atoms with Gasteiger partial charge in [0.05, 0.1) is 0 Å². The van der Waals surface area contributed by atoms with Crippen LogP contribution >= 0.6 is 0 Å². The summed E-state index contributed by atoms with van der Waals surface area (Å²) in [5.74, 6) is 0.715. The van der Waals surface area contributed by atoms with Gasteiger partial charge in [-0.3, -0.25) is 4.90 Å². The molecule has 3 heterocycles. The van der Waals surface area contributed by atoms with Gasteiger partial charge in [0.1, 0.15) is 0 Å². The molecule has 0 aromatic heterocycles. The predicted octanol–water partition coefficient (Wildman–Crippen LogP) is 1.87. The zero-order chi connectivity index (χ0) is 17.5. The van der Waals surface area contributed by atoms with Crippen LogP contribution in [0.15, 0.2) is 0 Å². The summed E-state index contributed by atoms with van der Waals surface area (Å²) in [6.45, 7) is 12.6. The highest BCUT2D eigenvalue weighted by atomic mass is 16.4. The number of amides is 1. The molecule has 25 heavy (non-hydrogen) atoms. The number of carboxylic acid groups (broad SMARTS) is 1. The molecular weight excluding hydrogens is 316 g/mol. The minimum absolute atomic E-state index is 0.715. The summed E-state index contributed by atoms with van der Waals surface area (Å²) in [5.41, 5.74) is 0. The molecule has 0 bridgehead atoms. The van der Waals surface area contributed by atoms with E-state index in [-0.39, 0.29) is 0 Å². The Balaban J connectivity index is 1.25. The second-order valence-corrected chi connectivity index (χ2v) is 8.09. The molecule has 0 unspecified atom stereocenters. The van der Waals surface area contributed by atoms with Gasteiger partial charge in [-0.25, -0.2) is 4.79 Å². The summed E-state index contributed by atoms with van der Waals surface area (Å²) in [4.78, 5) is 20.4. The van der Waals surface area contributed by atoms with Gasteiger partial charge >= 0.3 is 6.09 Å². The molecule has 0 aliphatic carbocycles. The van der Waals surface area contributed by atoms with Crippen molar-refractivity contribution < 1.29 is 9.90 Å². The van der Waals surface area contributed by atoms with Crippen molar-refractivity contribution in [3.8, 4) is 0 Å². The lowest BCUT2D eigenvalue weighted by Gasteiger charge is -2.37. The molecule has 0 spiro atoms. The Bertz CT molecular complexity index is 398. The topological polar surface area (TPSA) is 50.3 Å². The van der Waals surface area contributed by atoms with Gasteiger partial charge in [0, 0.05) is 52.4 Å². The number of likely N-dealkylation sites (tertiary alicyclic amines) is 2. The number of piperazine rings is 1. The third kappa shape index (κ3) is 6.12. The van der Waals surface area contributed by atoms with Crippen molar-refractivity contribution >= 4 is 6.09 Å². The summed E-state index contributed by atoms with van der Waals surface area (Å²) in [7, 11) is 0. The Morgan fingerprint density at radius 2 is 1.24 bits per heavy atom. The van der Waals surface area contributed by atoms with E-state index in [1.807, 2.05) is 0 Å². The number of carbonyl (C=O) groups is 1. The number of nitrogens with zero attached hydrogens (tertiary/aromatic N) is 4. The molecule has 3 aliphatic heterocycles. The summed E-state index contributed by atoms with van der Waals surface area (Å²) >= 11 is 0. The molecule has 6 nitrogen and oxygen atoms in total. The van der Waals surface area contributed by atoms with E-state index in [9.17, 15) is 4.79 Å². The van der Waals surface area contributed by atoms with Crippen LogP contribution in [0.4, 0.5) is 4.79 Å². The zero-order valence-corrected chi connectivity index (χ0v) is 15.7. The molecule has 1 amide bonds. The predicted molar refractivity (Wildman–Crippen MR) is 100 cm³/mol. The minimum atomic E-state index is -0.751. The van der Waals surface area contributed by atoms with Crippen LogP contribution in [0.1, 0.15) is 38.5 Å². The van der Waals surface area contributed by atoms with Crippen molar-refractivity contribution in [3.05, 3.63) is 0 Å². The average Bonchev–Trinajstić information content (AvgIpc) is 2.67. The molecule has 6 heteroatoms. The van der Waals surface area contributed by atoms with Crippen LogP contribution in [-0.2, 0) is 0 Å². The molecular formula is C19H36N4O2. The maximum Gasteiger partial charge on any atom is 0.407 e. The van der Waals surface area contributed by atoms with Gasteiger partial charge in [-0.1, -0.05) is 6.42 Å². The SMILES string of the molecule is O=C(O)N1CCC(CCN2CCN(CCN3CCCCC3)CC2)CC1. The van der Waals surface area contributed by atoms with Crippen molar-refractivity contribution in [1.29, 1.82) is 0 Å². The summed E-state index contributed by atoms with van der Waals surface area (Å²) in [6.07, 6.45) is 6.77. The highest BCUT2D eigenvalue weighted by molar-refractivity contribution is 5.64. The Morgan fingerprint density at radius 1 is 0.720 bits per heavy atom. The van der Waals surface area contributed by atoms with Gasteiger partial charge in [0.2, 0.25) is 0 Å². The Morgan fingerprint density at radius 3 is 1.80 bits per heavy atom. The van der Waals surface area contributed by atoms with Gasteiger partial charge in [0.15, 0.2) is 0 Å². The van der Waals surface area contributed by atoms with Crippen molar-refractivity contribution in [2.45, 2.75) is 38.5 Å². The summed E-state index contributed by atoms with van der Waals surface area (Å²) in [6, 6.07) is 0. The first-order valence-corrected chi connectivity index (χ1v) is 10.4. The van der Waals surface area contributed by atoms with Crippen LogP contribution in [0, 0.1) is 5.92 Å². The zero-order valence-electron chi connectivity index (χ0n) is 15.7. The smallest absolute Gasteiger partial charge is 0.407 e. The van der Waals surface area contributed by atoms with E-state index in [0.29, 0.717) is 5.92 Å². The third-order valence-corrected chi connectivity index (χ3v) is 6.38. The van der Waals surface area contributed by atoms with Gasteiger partial charge in [-0.05, 0) is 57.7 Å². The van der Waals surface area contributed by atoms with Gasteiger partial charge < -0.3 is 19.8 Å². The first-order chi connectivity index (χ1) is 12.2. The van der Waals surface area contributed by atoms with Crippen LogP contribution in [0.5, 0.6) is 0 Å². The highest BCUT2D eigenvalue weighted by Crippen LogP contribution is 2.21. The van der Waals surface area contributed by atoms with E-state index in [1.165, 1.54) is 84.6 Å². The minimum Gasteiger partial charge on any atom is -0.465 e. The highest BCUT2D eigenvalue weighted by Gasteiger charge is 2.23. The Kier molecular flexibility index (Phi) is 7.37. The number of hydrogen-bond acceptors (Lipinski definition) is 4. The van der Waals surface area contributed by atoms with Gasteiger partial charge in [-0.2, -0.15) is 0 Å². The Labute approximate surface area is 152 Å². The normalized spacial score (nSPS) is 25.4. The van der Waals surface area contributed by atoms with Crippen LogP contribution in [-0.4, -0.2) is 103 Å². The standard InChI is InChI=1S/C19H36N4O2/c24-19(25)23-10-5-18(6-11-23)4-9-21-13-16-22(17-14-21)15-12-20-7-2-1-3-8-20/h18H,1-17H2,(H,24,25). The second-order valence-electron chi connectivity index (χ2n) is 8.09. The molecule has 0 aromatic carbocycles.